The van der Waals surface area contributed by atoms with Gasteiger partial charge in [-0.05, 0) is 30.9 Å². The van der Waals surface area contributed by atoms with Crippen LogP contribution >= 0.6 is 0 Å². The van der Waals surface area contributed by atoms with Crippen molar-refractivity contribution >= 4 is 5.78 Å². The molecule has 0 radical (unpaired) electrons. The van der Waals surface area contributed by atoms with Crippen molar-refractivity contribution in [3.05, 3.63) is 34.9 Å². The maximum atomic E-state index is 12.2. The molecule has 0 N–H and O–H groups in total. The summed E-state index contributed by atoms with van der Waals surface area (Å²) in [6.45, 7) is 10.3. The SMILES string of the molecule is Cc1cccc(C(=O)C(C)C(C)C)c1C. The van der Waals surface area contributed by atoms with Crippen molar-refractivity contribution in [2.24, 2.45) is 11.8 Å². The number of Topliss-reactive ketones (excluding diaryl/α,β-unsaturated/α-hetero) is 1. The molecule has 0 saturated carbocycles. The van der Waals surface area contributed by atoms with Crippen LogP contribution in [0.3, 0.4) is 0 Å². The van der Waals surface area contributed by atoms with Crippen LogP contribution in [0.15, 0.2) is 18.2 Å². The van der Waals surface area contributed by atoms with Crippen LogP contribution in [0.4, 0.5) is 0 Å². The highest BCUT2D eigenvalue weighted by molar-refractivity contribution is 5.99. The van der Waals surface area contributed by atoms with Crippen LogP contribution in [0.5, 0.6) is 0 Å². The zero-order valence-corrected chi connectivity index (χ0v) is 10.3. The summed E-state index contributed by atoms with van der Waals surface area (Å²) >= 11 is 0. The van der Waals surface area contributed by atoms with Gasteiger partial charge in [-0.15, -0.1) is 0 Å². The Kier molecular flexibility index (Phi) is 3.67. The molecule has 0 fully saturated rings. The van der Waals surface area contributed by atoms with Gasteiger partial charge in [0.15, 0.2) is 5.78 Å². The van der Waals surface area contributed by atoms with E-state index >= 15 is 0 Å². The zero-order valence-electron chi connectivity index (χ0n) is 10.3. The standard InChI is InChI=1S/C14H20O/c1-9(2)11(4)14(15)13-8-6-7-10(3)12(13)5/h6-9,11H,1-5H3. The van der Waals surface area contributed by atoms with Gasteiger partial charge in [-0.3, -0.25) is 4.79 Å². The Morgan fingerprint density at radius 2 is 1.73 bits per heavy atom. The lowest BCUT2D eigenvalue weighted by molar-refractivity contribution is 0.0899. The average Bonchev–Trinajstić information content (AvgIpc) is 2.20. The van der Waals surface area contributed by atoms with Gasteiger partial charge < -0.3 is 0 Å². The third-order valence-corrected chi connectivity index (χ3v) is 3.28. The van der Waals surface area contributed by atoms with Crippen LogP contribution in [0.25, 0.3) is 0 Å². The van der Waals surface area contributed by atoms with Crippen molar-refractivity contribution in [1.29, 1.82) is 0 Å². The van der Waals surface area contributed by atoms with E-state index < -0.39 is 0 Å². The third kappa shape index (κ3) is 2.47. The van der Waals surface area contributed by atoms with Gasteiger partial charge in [0.2, 0.25) is 0 Å². The molecule has 1 rings (SSSR count). The average molecular weight is 204 g/mol. The van der Waals surface area contributed by atoms with Crippen LogP contribution in [0, 0.1) is 25.7 Å². The van der Waals surface area contributed by atoms with Crippen molar-refractivity contribution in [3.63, 3.8) is 0 Å². The summed E-state index contributed by atoms with van der Waals surface area (Å²) in [6, 6.07) is 5.94. The molecule has 0 aliphatic heterocycles. The molecular formula is C14H20O. The number of hydrogen-bond donors (Lipinski definition) is 0. The Labute approximate surface area is 92.5 Å². The molecule has 0 spiro atoms. The second-order valence-electron chi connectivity index (χ2n) is 4.64. The van der Waals surface area contributed by atoms with Gasteiger partial charge in [-0.1, -0.05) is 39.0 Å². The molecule has 1 aromatic carbocycles. The fraction of sp³-hybridized carbons (Fsp3) is 0.500. The molecule has 1 heteroatoms. The number of hydrogen-bond acceptors (Lipinski definition) is 1. The first-order chi connectivity index (χ1) is 6.95. The molecule has 0 saturated heterocycles. The van der Waals surface area contributed by atoms with E-state index in [9.17, 15) is 4.79 Å². The van der Waals surface area contributed by atoms with E-state index in [2.05, 4.69) is 13.8 Å². The van der Waals surface area contributed by atoms with Crippen LogP contribution in [0.1, 0.15) is 42.3 Å². The monoisotopic (exact) mass is 204 g/mol. The molecule has 0 heterocycles. The molecule has 1 nitrogen and oxygen atoms in total. The van der Waals surface area contributed by atoms with Gasteiger partial charge in [-0.2, -0.15) is 0 Å². The van der Waals surface area contributed by atoms with Crippen LogP contribution in [-0.4, -0.2) is 5.78 Å². The van der Waals surface area contributed by atoms with Gasteiger partial charge in [0.25, 0.3) is 0 Å². The van der Waals surface area contributed by atoms with Crippen molar-refractivity contribution in [2.45, 2.75) is 34.6 Å². The van der Waals surface area contributed by atoms with Crippen molar-refractivity contribution in [2.75, 3.05) is 0 Å². The van der Waals surface area contributed by atoms with E-state index in [-0.39, 0.29) is 11.7 Å². The highest BCUT2D eigenvalue weighted by Crippen LogP contribution is 2.20. The van der Waals surface area contributed by atoms with E-state index in [0.29, 0.717) is 5.92 Å². The van der Waals surface area contributed by atoms with Gasteiger partial charge in [0, 0.05) is 11.5 Å². The summed E-state index contributed by atoms with van der Waals surface area (Å²) in [6.07, 6.45) is 0. The Morgan fingerprint density at radius 3 is 2.27 bits per heavy atom. The molecule has 0 amide bonds. The smallest absolute Gasteiger partial charge is 0.166 e. The van der Waals surface area contributed by atoms with E-state index in [0.717, 1.165) is 11.1 Å². The predicted molar refractivity (Wildman–Crippen MR) is 64.2 cm³/mol. The maximum absolute atomic E-state index is 12.2. The molecule has 0 aliphatic carbocycles. The van der Waals surface area contributed by atoms with Gasteiger partial charge in [-0.25, -0.2) is 0 Å². The van der Waals surface area contributed by atoms with Gasteiger partial charge in [0.05, 0.1) is 0 Å². The summed E-state index contributed by atoms with van der Waals surface area (Å²) in [5.74, 6) is 0.772. The molecule has 1 aromatic rings. The van der Waals surface area contributed by atoms with Crippen molar-refractivity contribution < 1.29 is 4.79 Å². The predicted octanol–water partition coefficient (Wildman–Crippen LogP) is 3.78. The quantitative estimate of drug-likeness (QED) is 0.685. The second-order valence-corrected chi connectivity index (χ2v) is 4.64. The van der Waals surface area contributed by atoms with Crippen LogP contribution < -0.4 is 0 Å². The Hall–Kier alpha value is -1.11. The first-order valence-corrected chi connectivity index (χ1v) is 5.55. The fourth-order valence-electron chi connectivity index (χ4n) is 1.57. The van der Waals surface area contributed by atoms with Crippen LogP contribution in [0.2, 0.25) is 0 Å². The molecule has 1 atom stereocenters. The largest absolute Gasteiger partial charge is 0.294 e. The number of benzene rings is 1. The third-order valence-electron chi connectivity index (χ3n) is 3.28. The van der Waals surface area contributed by atoms with Crippen LogP contribution in [-0.2, 0) is 0 Å². The van der Waals surface area contributed by atoms with E-state index in [1.807, 2.05) is 39.0 Å². The Morgan fingerprint density at radius 1 is 1.13 bits per heavy atom. The van der Waals surface area contributed by atoms with E-state index in [1.54, 1.807) is 0 Å². The lowest BCUT2D eigenvalue weighted by atomic mass is 9.87. The molecule has 82 valence electrons. The zero-order chi connectivity index (χ0) is 11.6. The minimum absolute atomic E-state index is 0.102. The summed E-state index contributed by atoms with van der Waals surface area (Å²) in [4.78, 5) is 12.2. The first-order valence-electron chi connectivity index (χ1n) is 5.55. The van der Waals surface area contributed by atoms with E-state index in [1.165, 1.54) is 5.56 Å². The van der Waals surface area contributed by atoms with Gasteiger partial charge >= 0.3 is 0 Å². The first kappa shape index (κ1) is 12.0. The molecule has 1 unspecified atom stereocenters. The highest BCUT2D eigenvalue weighted by Gasteiger charge is 2.20. The van der Waals surface area contributed by atoms with E-state index in [4.69, 9.17) is 0 Å². The topological polar surface area (TPSA) is 17.1 Å². The van der Waals surface area contributed by atoms with Crippen molar-refractivity contribution in [1.82, 2.24) is 0 Å². The number of carbonyl (C=O) groups is 1. The fourth-order valence-corrected chi connectivity index (χ4v) is 1.57. The molecule has 0 aromatic heterocycles. The minimum atomic E-state index is 0.102. The number of carbonyl (C=O) groups excluding carboxylic acids is 1. The second kappa shape index (κ2) is 4.61. The summed E-state index contributed by atoms with van der Waals surface area (Å²) in [5.41, 5.74) is 3.20. The maximum Gasteiger partial charge on any atom is 0.166 e. The van der Waals surface area contributed by atoms with Gasteiger partial charge in [0.1, 0.15) is 0 Å². The number of aryl methyl sites for hydroxylation is 1. The Bertz CT molecular complexity index is 364. The lowest BCUT2D eigenvalue weighted by Gasteiger charge is -2.16. The normalized spacial score (nSPS) is 12.9. The molecule has 0 bridgehead atoms. The summed E-state index contributed by atoms with van der Waals surface area (Å²) < 4.78 is 0. The number of rotatable bonds is 3. The molecule has 0 aliphatic rings. The van der Waals surface area contributed by atoms with Crippen molar-refractivity contribution in [3.8, 4) is 0 Å². The molecule has 15 heavy (non-hydrogen) atoms. The lowest BCUT2D eigenvalue weighted by Crippen LogP contribution is -2.18. The number of ketones is 1. The highest BCUT2D eigenvalue weighted by atomic mass is 16.1. The minimum Gasteiger partial charge on any atom is -0.294 e. The Balaban J connectivity index is 3.07. The summed E-state index contributed by atoms with van der Waals surface area (Å²) in [7, 11) is 0. The molecular weight excluding hydrogens is 184 g/mol. The summed E-state index contributed by atoms with van der Waals surface area (Å²) in [5, 5.41) is 0.